The predicted molar refractivity (Wildman–Crippen MR) is 201 cm³/mol. The van der Waals surface area contributed by atoms with Crippen molar-refractivity contribution in [3.8, 4) is 60.8 Å². The molecule has 4 aromatic carbocycles. The summed E-state index contributed by atoms with van der Waals surface area (Å²) in [6, 6.07) is 47.5. The number of nitrogens with zero attached hydrogens (tertiary/aromatic N) is 3. The number of anilines is 3. The third-order valence-electron chi connectivity index (χ3n) is 8.16. The molecule has 49 heavy (non-hydrogen) atoms. The minimum atomic E-state index is 0.607. The molecule has 0 amide bonds. The Morgan fingerprint density at radius 2 is 1.14 bits per heavy atom. The molecule has 0 saturated carbocycles. The lowest BCUT2D eigenvalue weighted by atomic mass is 10.1. The number of hydrogen-bond donors (Lipinski definition) is 0. The quantitative estimate of drug-likeness (QED) is 0.137. The van der Waals surface area contributed by atoms with E-state index in [9.17, 15) is 0 Å². The lowest BCUT2D eigenvalue weighted by Crippen LogP contribution is -2.09. The third kappa shape index (κ3) is 7.03. The Hall–Kier alpha value is -5.92. The van der Waals surface area contributed by atoms with Gasteiger partial charge >= 0.3 is 0 Å². The first-order valence-electron chi connectivity index (χ1n) is 16.1. The third-order valence-corrected chi connectivity index (χ3v) is 9.34. The molecule has 0 radical (unpaired) electrons. The Bertz CT molecular complexity index is 2100. The first-order valence-corrected chi connectivity index (χ1v) is 16.9. The zero-order valence-corrected chi connectivity index (χ0v) is 28.4. The van der Waals surface area contributed by atoms with Crippen LogP contribution in [0.15, 0.2) is 146 Å². The smallest absolute Gasteiger partial charge is 0.119 e. The number of hydrogen-bond acceptors (Lipinski definition) is 7. The molecule has 6 nitrogen and oxygen atoms in total. The number of aromatic nitrogens is 2. The first kappa shape index (κ1) is 31.7. The van der Waals surface area contributed by atoms with Gasteiger partial charge in [0.05, 0.1) is 37.9 Å². The van der Waals surface area contributed by atoms with Crippen molar-refractivity contribution in [3.63, 3.8) is 0 Å². The number of thiophene rings is 1. The maximum Gasteiger partial charge on any atom is 0.119 e. The molecule has 0 N–H and O–H groups in total. The lowest BCUT2D eigenvalue weighted by molar-refractivity contribution is 0.340. The summed E-state index contributed by atoms with van der Waals surface area (Å²) in [7, 11) is 3.36. The first-order chi connectivity index (χ1) is 24.1. The number of ether oxygens (including phenoxy) is 3. The molecular weight excluding hydrogens is 627 g/mol. The molecular formula is C42H35N3O3S. The molecule has 0 aliphatic rings. The summed E-state index contributed by atoms with van der Waals surface area (Å²) in [5.74, 6) is 2.45. The molecule has 3 heterocycles. The lowest BCUT2D eigenvalue weighted by Gasteiger charge is -2.26. The van der Waals surface area contributed by atoms with E-state index in [1.54, 1.807) is 31.8 Å². The van der Waals surface area contributed by atoms with E-state index in [2.05, 4.69) is 88.7 Å². The Labute approximate surface area is 290 Å². The molecule has 7 aromatic rings. The second-order valence-corrected chi connectivity index (χ2v) is 12.3. The maximum atomic E-state index is 5.79. The van der Waals surface area contributed by atoms with E-state index in [1.807, 2.05) is 67.6 Å². The van der Waals surface area contributed by atoms with Crippen LogP contribution < -0.4 is 19.1 Å². The summed E-state index contributed by atoms with van der Waals surface area (Å²) in [4.78, 5) is 14.2. The molecule has 0 saturated heterocycles. The highest BCUT2D eigenvalue weighted by atomic mass is 32.1. The van der Waals surface area contributed by atoms with E-state index < -0.39 is 0 Å². The van der Waals surface area contributed by atoms with E-state index in [-0.39, 0.29) is 0 Å². The largest absolute Gasteiger partial charge is 0.497 e. The van der Waals surface area contributed by atoms with Gasteiger partial charge in [-0.15, -0.1) is 11.3 Å². The Morgan fingerprint density at radius 1 is 0.531 bits per heavy atom. The average Bonchev–Trinajstić information content (AvgIpc) is 3.67. The van der Waals surface area contributed by atoms with Gasteiger partial charge in [0.15, 0.2) is 0 Å². The number of rotatable bonds is 11. The van der Waals surface area contributed by atoms with Crippen LogP contribution in [-0.4, -0.2) is 30.8 Å². The molecule has 3 aromatic heterocycles. The topological polar surface area (TPSA) is 56.7 Å². The number of benzene rings is 4. The highest BCUT2D eigenvalue weighted by Gasteiger charge is 2.15. The van der Waals surface area contributed by atoms with Crippen molar-refractivity contribution in [1.29, 1.82) is 0 Å². The maximum absolute atomic E-state index is 5.79. The van der Waals surface area contributed by atoms with E-state index in [4.69, 9.17) is 19.2 Å². The fourth-order valence-corrected chi connectivity index (χ4v) is 6.71. The Balaban J connectivity index is 1.23. The highest BCUT2D eigenvalue weighted by Crippen LogP contribution is 2.40. The molecule has 0 bridgehead atoms. The van der Waals surface area contributed by atoms with Gasteiger partial charge in [-0.05, 0) is 127 Å². The van der Waals surface area contributed by atoms with E-state index in [0.717, 1.165) is 73.0 Å². The Kier molecular flexibility index (Phi) is 9.34. The van der Waals surface area contributed by atoms with E-state index >= 15 is 0 Å². The van der Waals surface area contributed by atoms with Gasteiger partial charge in [0.25, 0.3) is 0 Å². The van der Waals surface area contributed by atoms with E-state index in [1.165, 1.54) is 4.88 Å². The van der Waals surface area contributed by atoms with Crippen LogP contribution in [0.5, 0.6) is 17.2 Å². The molecule has 7 rings (SSSR count). The van der Waals surface area contributed by atoms with Gasteiger partial charge in [0.1, 0.15) is 17.2 Å². The minimum Gasteiger partial charge on any atom is -0.497 e. The van der Waals surface area contributed by atoms with Crippen LogP contribution >= 0.6 is 11.3 Å². The summed E-state index contributed by atoms with van der Waals surface area (Å²) < 4.78 is 16.6. The van der Waals surface area contributed by atoms with Crippen molar-refractivity contribution < 1.29 is 14.2 Å². The van der Waals surface area contributed by atoms with Crippen LogP contribution in [0.2, 0.25) is 0 Å². The highest BCUT2D eigenvalue weighted by molar-refractivity contribution is 7.18. The molecule has 0 aliphatic carbocycles. The molecule has 7 heteroatoms. The fourth-order valence-electron chi connectivity index (χ4n) is 5.71. The van der Waals surface area contributed by atoms with Gasteiger partial charge < -0.3 is 19.1 Å². The van der Waals surface area contributed by atoms with Crippen molar-refractivity contribution >= 4 is 28.4 Å². The summed E-state index contributed by atoms with van der Waals surface area (Å²) >= 11 is 1.76. The summed E-state index contributed by atoms with van der Waals surface area (Å²) in [5, 5.41) is 0. The van der Waals surface area contributed by atoms with E-state index in [0.29, 0.717) is 6.61 Å². The number of methoxy groups -OCH3 is 2. The second-order valence-electron chi connectivity index (χ2n) is 11.2. The summed E-state index contributed by atoms with van der Waals surface area (Å²) in [6.45, 7) is 2.60. The van der Waals surface area contributed by atoms with Gasteiger partial charge in [0, 0.05) is 38.6 Å². The zero-order valence-electron chi connectivity index (χ0n) is 27.5. The molecule has 0 unspecified atom stereocenters. The summed E-state index contributed by atoms with van der Waals surface area (Å²) in [6.07, 6.45) is 1.80. The van der Waals surface area contributed by atoms with Crippen LogP contribution in [0.4, 0.5) is 17.1 Å². The van der Waals surface area contributed by atoms with Crippen LogP contribution in [-0.2, 0) is 0 Å². The SMILES string of the molecule is CCOc1cccc(-c2cc(-c3ccc(-c4ccc(N(c5ccc(OC)cc5)c5ccc(OC)cc5)cc4)s3)cc(-c3ccccn3)n2)c1. The van der Waals surface area contributed by atoms with Gasteiger partial charge in [-0.1, -0.05) is 30.3 Å². The normalized spacial score (nSPS) is 10.8. The standard InChI is InChI=1S/C42H35N3O3S/c1-4-48-37-9-7-8-30(26-37)39-27-31(28-40(44-39)38-10-5-6-25-43-38)42-24-23-41(49-42)29-11-13-32(14-12-29)45(33-15-19-35(46-2)20-16-33)34-17-21-36(47-3)22-18-34/h5-28H,4H2,1-3H3. The molecule has 0 aliphatic heterocycles. The average molecular weight is 662 g/mol. The summed E-state index contributed by atoms with van der Waals surface area (Å²) in [5.41, 5.74) is 8.86. The molecule has 242 valence electrons. The predicted octanol–water partition coefficient (Wildman–Crippen LogP) is 11.1. The van der Waals surface area contributed by atoms with Crippen molar-refractivity contribution in [3.05, 3.63) is 146 Å². The van der Waals surface area contributed by atoms with Gasteiger partial charge in [-0.3, -0.25) is 4.98 Å². The van der Waals surface area contributed by atoms with Crippen LogP contribution in [0.3, 0.4) is 0 Å². The molecule has 0 fully saturated rings. The van der Waals surface area contributed by atoms with Gasteiger partial charge in [0.2, 0.25) is 0 Å². The zero-order chi connectivity index (χ0) is 33.6. The van der Waals surface area contributed by atoms with Crippen LogP contribution in [0, 0.1) is 0 Å². The van der Waals surface area contributed by atoms with Crippen molar-refractivity contribution in [2.75, 3.05) is 25.7 Å². The molecule has 0 spiro atoms. The Morgan fingerprint density at radius 3 is 1.73 bits per heavy atom. The van der Waals surface area contributed by atoms with Crippen LogP contribution in [0.1, 0.15) is 6.92 Å². The second kappa shape index (κ2) is 14.5. The van der Waals surface area contributed by atoms with Crippen LogP contribution in [0.25, 0.3) is 43.5 Å². The van der Waals surface area contributed by atoms with Crippen molar-refractivity contribution in [2.45, 2.75) is 6.92 Å². The number of pyridine rings is 2. The van der Waals surface area contributed by atoms with Crippen molar-refractivity contribution in [2.24, 2.45) is 0 Å². The van der Waals surface area contributed by atoms with Crippen molar-refractivity contribution in [1.82, 2.24) is 9.97 Å². The van der Waals surface area contributed by atoms with Gasteiger partial charge in [-0.25, -0.2) is 4.98 Å². The van der Waals surface area contributed by atoms with Gasteiger partial charge in [-0.2, -0.15) is 0 Å². The minimum absolute atomic E-state index is 0.607. The molecule has 0 atom stereocenters. The fraction of sp³-hybridized carbons (Fsp3) is 0.0952. The monoisotopic (exact) mass is 661 g/mol.